The van der Waals surface area contributed by atoms with Crippen LogP contribution in [0.15, 0.2) is 85.1 Å². The lowest BCUT2D eigenvalue weighted by Crippen LogP contribution is -2.55. The number of rotatable bonds is 12. The van der Waals surface area contributed by atoms with Gasteiger partial charge in [0.25, 0.3) is 0 Å². The third-order valence-electron chi connectivity index (χ3n) is 8.25. The molecule has 0 saturated carbocycles. The molecular weight excluding hydrogens is 572 g/mol. The number of aromatic amines is 1. The number of phenols is 1. The molecule has 0 spiro atoms. The summed E-state index contributed by atoms with van der Waals surface area (Å²) in [6.07, 6.45) is 2.90. The van der Waals surface area contributed by atoms with Crippen molar-refractivity contribution in [2.45, 2.75) is 43.8 Å². The summed E-state index contributed by atoms with van der Waals surface area (Å²) in [7, 11) is 0. The molecule has 1 aliphatic rings. The van der Waals surface area contributed by atoms with Crippen LogP contribution in [0.2, 0.25) is 0 Å². The van der Waals surface area contributed by atoms with Gasteiger partial charge in [-0.1, -0.05) is 60.7 Å². The molecule has 234 valence electrons. The Balaban J connectivity index is 1.27. The van der Waals surface area contributed by atoms with E-state index in [-0.39, 0.29) is 37.0 Å². The zero-order valence-electron chi connectivity index (χ0n) is 24.8. The average molecular weight is 611 g/mol. The maximum absolute atomic E-state index is 13.7. The second kappa shape index (κ2) is 14.1. The number of amides is 4. The predicted molar refractivity (Wildman–Crippen MR) is 170 cm³/mol. The van der Waals surface area contributed by atoms with Crippen LogP contribution in [-0.2, 0) is 38.4 Å². The summed E-state index contributed by atoms with van der Waals surface area (Å²) in [6, 6.07) is 20.6. The highest BCUT2D eigenvalue weighted by molar-refractivity contribution is 5.93. The van der Waals surface area contributed by atoms with E-state index in [0.29, 0.717) is 19.4 Å². The second-order valence-corrected chi connectivity index (χ2v) is 11.5. The number of aromatic nitrogens is 1. The van der Waals surface area contributed by atoms with E-state index < -0.39 is 35.9 Å². The van der Waals surface area contributed by atoms with Gasteiger partial charge in [-0.25, -0.2) is 0 Å². The van der Waals surface area contributed by atoms with Crippen LogP contribution in [0, 0.1) is 5.92 Å². The molecule has 1 aliphatic heterocycles. The first-order valence-corrected chi connectivity index (χ1v) is 15.0. The summed E-state index contributed by atoms with van der Waals surface area (Å²) in [5.74, 6) is -2.25. The Kier molecular flexibility index (Phi) is 9.79. The first-order chi connectivity index (χ1) is 21.7. The van der Waals surface area contributed by atoms with Gasteiger partial charge >= 0.3 is 0 Å². The summed E-state index contributed by atoms with van der Waals surface area (Å²) in [5, 5.41) is 16.1. The topological polar surface area (TPSA) is 184 Å². The lowest BCUT2D eigenvalue weighted by Gasteiger charge is -2.24. The minimum Gasteiger partial charge on any atom is -0.508 e. The fourth-order valence-corrected chi connectivity index (χ4v) is 5.75. The highest BCUT2D eigenvalue weighted by atomic mass is 16.3. The van der Waals surface area contributed by atoms with Crippen LogP contribution in [0.5, 0.6) is 5.75 Å². The Morgan fingerprint density at radius 3 is 2.29 bits per heavy atom. The number of carbonyl (C=O) groups is 4. The van der Waals surface area contributed by atoms with Crippen LogP contribution in [-0.4, -0.2) is 69.8 Å². The van der Waals surface area contributed by atoms with Gasteiger partial charge in [0.1, 0.15) is 17.8 Å². The number of phenolic OH excluding ortho intramolecular Hbond substituents is 1. The summed E-state index contributed by atoms with van der Waals surface area (Å²) in [4.78, 5) is 57.4. The Bertz CT molecular complexity index is 1650. The molecule has 0 unspecified atom stereocenters. The molecule has 0 radical (unpaired) electrons. The number of nitrogens with zero attached hydrogens (tertiary/aromatic N) is 1. The minimum atomic E-state index is -1.00. The van der Waals surface area contributed by atoms with Gasteiger partial charge in [0.15, 0.2) is 0 Å². The van der Waals surface area contributed by atoms with Crippen molar-refractivity contribution in [1.29, 1.82) is 0 Å². The summed E-state index contributed by atoms with van der Waals surface area (Å²) in [6.45, 7) is 0.535. The third-order valence-corrected chi connectivity index (χ3v) is 8.25. The lowest BCUT2D eigenvalue weighted by atomic mass is 10.0. The Labute approximate surface area is 261 Å². The molecular formula is C34H38N6O5. The largest absolute Gasteiger partial charge is 0.508 e. The van der Waals surface area contributed by atoms with Crippen molar-refractivity contribution in [3.8, 4) is 5.75 Å². The molecule has 45 heavy (non-hydrogen) atoms. The first kappa shape index (κ1) is 31.3. The average Bonchev–Trinajstić information content (AvgIpc) is 3.70. The fourth-order valence-electron chi connectivity index (χ4n) is 5.75. The molecule has 1 aromatic heterocycles. The van der Waals surface area contributed by atoms with E-state index in [4.69, 9.17) is 11.5 Å². The minimum absolute atomic E-state index is 0.130. The van der Waals surface area contributed by atoms with Gasteiger partial charge in [-0.05, 0) is 47.7 Å². The van der Waals surface area contributed by atoms with Gasteiger partial charge in [-0.3, -0.25) is 19.2 Å². The van der Waals surface area contributed by atoms with Gasteiger partial charge in [0.05, 0.1) is 12.0 Å². The van der Waals surface area contributed by atoms with Gasteiger partial charge < -0.3 is 37.1 Å². The number of H-pyrrole nitrogens is 1. The molecule has 1 saturated heterocycles. The molecule has 0 aliphatic carbocycles. The molecule has 4 amide bonds. The molecule has 1 fully saturated rings. The van der Waals surface area contributed by atoms with Crippen molar-refractivity contribution < 1.29 is 24.3 Å². The number of nitrogens with one attached hydrogen (secondary N) is 3. The Morgan fingerprint density at radius 2 is 1.56 bits per heavy atom. The molecule has 11 nitrogen and oxygen atoms in total. The number of likely N-dealkylation sites (tertiary alicyclic amines) is 1. The van der Waals surface area contributed by atoms with Crippen LogP contribution in [0.25, 0.3) is 10.9 Å². The van der Waals surface area contributed by atoms with Crippen molar-refractivity contribution in [1.82, 2.24) is 20.5 Å². The highest BCUT2D eigenvalue weighted by Crippen LogP contribution is 2.22. The number of primary amides is 1. The highest BCUT2D eigenvalue weighted by Gasteiger charge is 2.35. The third kappa shape index (κ3) is 7.87. The van der Waals surface area contributed by atoms with Crippen LogP contribution >= 0.6 is 0 Å². The van der Waals surface area contributed by atoms with E-state index in [1.807, 2.05) is 54.6 Å². The van der Waals surface area contributed by atoms with E-state index >= 15 is 0 Å². The van der Waals surface area contributed by atoms with Gasteiger partial charge in [-0.15, -0.1) is 0 Å². The monoisotopic (exact) mass is 610 g/mol. The Morgan fingerprint density at radius 1 is 0.867 bits per heavy atom. The standard InChI is InChI=1S/C34H38N6O5/c35-27(16-22-10-12-25(41)13-11-22)34(45)40-15-14-23(20-40)32(43)39-30(18-24-19-37-28-9-5-4-8-26(24)28)33(44)38-29(31(36)42)17-21-6-2-1-3-7-21/h1-13,19,23,27,29-30,37,41H,14-18,20,35H2,(H2,36,42)(H,38,44)(H,39,43)/t23-,27+,29+,30+/m1/s1. The van der Waals surface area contributed by atoms with E-state index in [0.717, 1.165) is 27.6 Å². The molecule has 4 aromatic rings. The normalized spacial score (nSPS) is 16.6. The molecule has 11 heteroatoms. The van der Waals surface area contributed by atoms with Gasteiger partial charge in [-0.2, -0.15) is 0 Å². The number of hydrogen-bond donors (Lipinski definition) is 6. The number of benzene rings is 3. The zero-order valence-corrected chi connectivity index (χ0v) is 24.8. The van der Waals surface area contributed by atoms with Gasteiger partial charge in [0, 0.05) is 43.0 Å². The van der Waals surface area contributed by atoms with E-state index in [1.54, 1.807) is 35.4 Å². The zero-order chi connectivity index (χ0) is 31.9. The molecule has 0 bridgehead atoms. The summed E-state index contributed by atoms with van der Waals surface area (Å²) < 4.78 is 0. The van der Waals surface area contributed by atoms with Crippen LogP contribution in [0.4, 0.5) is 0 Å². The fraction of sp³-hybridized carbons (Fsp3) is 0.294. The summed E-state index contributed by atoms with van der Waals surface area (Å²) >= 11 is 0. The molecule has 5 rings (SSSR count). The summed E-state index contributed by atoms with van der Waals surface area (Å²) in [5.41, 5.74) is 15.2. The maximum Gasteiger partial charge on any atom is 0.243 e. The molecule has 3 aromatic carbocycles. The number of para-hydroxylation sites is 1. The van der Waals surface area contributed by atoms with E-state index in [2.05, 4.69) is 15.6 Å². The smallest absolute Gasteiger partial charge is 0.243 e. The number of nitrogens with two attached hydrogens (primary N) is 2. The van der Waals surface area contributed by atoms with Crippen molar-refractivity contribution >= 4 is 34.5 Å². The predicted octanol–water partition coefficient (Wildman–Crippen LogP) is 1.53. The molecule has 2 heterocycles. The van der Waals surface area contributed by atoms with Crippen molar-refractivity contribution in [2.24, 2.45) is 17.4 Å². The van der Waals surface area contributed by atoms with E-state index in [1.165, 1.54) is 0 Å². The number of aromatic hydroxyl groups is 1. The Hall–Kier alpha value is -5.16. The SMILES string of the molecule is NC(=O)[C@H](Cc1ccccc1)NC(=O)[C@H](Cc1c[nH]c2ccccc12)NC(=O)[C@@H]1CCN(C(=O)[C@@H](N)Cc2ccc(O)cc2)C1. The first-order valence-electron chi connectivity index (χ1n) is 15.0. The van der Waals surface area contributed by atoms with Crippen molar-refractivity contribution in [3.63, 3.8) is 0 Å². The molecule has 8 N–H and O–H groups in total. The maximum atomic E-state index is 13.7. The van der Waals surface area contributed by atoms with Crippen molar-refractivity contribution in [3.05, 3.63) is 102 Å². The lowest BCUT2D eigenvalue weighted by molar-refractivity contribution is -0.133. The van der Waals surface area contributed by atoms with E-state index in [9.17, 15) is 24.3 Å². The second-order valence-electron chi connectivity index (χ2n) is 11.5. The number of fused-ring (bicyclic) bond motifs is 1. The van der Waals surface area contributed by atoms with Crippen LogP contribution in [0.3, 0.4) is 0 Å². The molecule has 4 atom stereocenters. The van der Waals surface area contributed by atoms with Gasteiger partial charge in [0.2, 0.25) is 23.6 Å². The van der Waals surface area contributed by atoms with Crippen LogP contribution in [0.1, 0.15) is 23.1 Å². The quantitative estimate of drug-likeness (QED) is 0.141. The van der Waals surface area contributed by atoms with Crippen LogP contribution < -0.4 is 22.1 Å². The number of hydrogen-bond acceptors (Lipinski definition) is 6. The van der Waals surface area contributed by atoms with Crippen molar-refractivity contribution in [2.75, 3.05) is 13.1 Å². The number of carbonyl (C=O) groups excluding carboxylic acids is 4.